The molecular formula is C21H26N4O2. The van der Waals surface area contributed by atoms with E-state index < -0.39 is 0 Å². The number of hydrogen-bond donors (Lipinski definition) is 2. The van der Waals surface area contributed by atoms with Crippen LogP contribution in [0.4, 0.5) is 11.5 Å². The fourth-order valence-electron chi connectivity index (χ4n) is 3.17. The van der Waals surface area contributed by atoms with E-state index in [4.69, 9.17) is 4.74 Å². The van der Waals surface area contributed by atoms with E-state index in [0.29, 0.717) is 22.9 Å². The standard InChI is InChI=1S/C21H26N4O2/c1-15-8-9-19(27-2)17(12-15)25-21(26)18-13-20(24-14-23-18)22-11-10-16-6-4-3-5-7-16/h6,8-9,12-14H,3-5,7,10-11H2,1-2H3,(H,25,26)(H,22,23,24). The van der Waals surface area contributed by atoms with Crippen LogP contribution in [-0.4, -0.2) is 29.5 Å². The number of nitrogens with zero attached hydrogens (tertiary/aromatic N) is 2. The van der Waals surface area contributed by atoms with Crippen molar-refractivity contribution in [3.05, 3.63) is 53.5 Å². The van der Waals surface area contributed by atoms with E-state index in [1.807, 2.05) is 25.1 Å². The summed E-state index contributed by atoms with van der Waals surface area (Å²) < 4.78 is 5.31. The maximum Gasteiger partial charge on any atom is 0.274 e. The molecular weight excluding hydrogens is 340 g/mol. The third kappa shape index (κ3) is 5.29. The van der Waals surface area contributed by atoms with Gasteiger partial charge < -0.3 is 15.4 Å². The monoisotopic (exact) mass is 366 g/mol. The minimum atomic E-state index is -0.292. The van der Waals surface area contributed by atoms with E-state index in [9.17, 15) is 4.79 Å². The minimum absolute atomic E-state index is 0.292. The highest BCUT2D eigenvalue weighted by Gasteiger charge is 2.12. The van der Waals surface area contributed by atoms with E-state index >= 15 is 0 Å². The first-order valence-electron chi connectivity index (χ1n) is 9.35. The third-order valence-corrected chi connectivity index (χ3v) is 4.64. The Balaban J connectivity index is 1.61. The first kappa shape index (κ1) is 18.9. The van der Waals surface area contributed by atoms with Crippen LogP contribution in [-0.2, 0) is 0 Å². The molecule has 0 spiro atoms. The van der Waals surface area contributed by atoms with Crippen LogP contribution in [0.5, 0.6) is 5.75 Å². The Kier molecular flexibility index (Phi) is 6.41. The molecule has 0 atom stereocenters. The van der Waals surface area contributed by atoms with Crippen molar-refractivity contribution >= 4 is 17.4 Å². The van der Waals surface area contributed by atoms with Gasteiger partial charge in [-0.3, -0.25) is 4.79 Å². The predicted octanol–water partition coefficient (Wildman–Crippen LogP) is 4.35. The van der Waals surface area contributed by atoms with Gasteiger partial charge in [-0.25, -0.2) is 9.97 Å². The molecule has 142 valence electrons. The molecule has 2 N–H and O–H groups in total. The minimum Gasteiger partial charge on any atom is -0.495 e. The molecule has 0 saturated heterocycles. The molecule has 0 radical (unpaired) electrons. The maximum absolute atomic E-state index is 12.6. The highest BCUT2D eigenvalue weighted by Crippen LogP contribution is 2.25. The van der Waals surface area contributed by atoms with Crippen LogP contribution >= 0.6 is 0 Å². The van der Waals surface area contributed by atoms with Crippen molar-refractivity contribution in [3.63, 3.8) is 0 Å². The van der Waals surface area contributed by atoms with Gasteiger partial charge in [0.05, 0.1) is 12.8 Å². The smallest absolute Gasteiger partial charge is 0.274 e. The molecule has 1 heterocycles. The summed E-state index contributed by atoms with van der Waals surface area (Å²) in [6.07, 6.45) is 9.72. The number of allylic oxidation sites excluding steroid dienone is 1. The second-order valence-electron chi connectivity index (χ2n) is 6.73. The van der Waals surface area contributed by atoms with Crippen molar-refractivity contribution in [3.8, 4) is 5.75 Å². The highest BCUT2D eigenvalue weighted by molar-refractivity contribution is 6.04. The number of anilines is 2. The summed E-state index contributed by atoms with van der Waals surface area (Å²) in [6.45, 7) is 2.76. The van der Waals surface area contributed by atoms with Gasteiger partial charge in [-0.05, 0) is 56.7 Å². The Bertz CT molecular complexity index is 833. The van der Waals surface area contributed by atoms with Gasteiger partial charge in [0.2, 0.25) is 0 Å². The van der Waals surface area contributed by atoms with Gasteiger partial charge in [0.1, 0.15) is 23.6 Å². The Morgan fingerprint density at radius 2 is 2.11 bits per heavy atom. The lowest BCUT2D eigenvalue weighted by Crippen LogP contribution is -2.15. The summed E-state index contributed by atoms with van der Waals surface area (Å²) >= 11 is 0. The van der Waals surface area contributed by atoms with Crippen molar-refractivity contribution in [2.75, 3.05) is 24.3 Å². The SMILES string of the molecule is COc1ccc(C)cc1NC(=O)c1cc(NCCC2=CCCCC2)ncn1. The molecule has 0 aliphatic heterocycles. The molecule has 1 aromatic heterocycles. The lowest BCUT2D eigenvalue weighted by atomic mass is 9.97. The van der Waals surface area contributed by atoms with E-state index in [-0.39, 0.29) is 5.91 Å². The molecule has 6 heteroatoms. The molecule has 1 aliphatic rings. The lowest BCUT2D eigenvalue weighted by molar-refractivity contribution is 0.102. The second-order valence-corrected chi connectivity index (χ2v) is 6.73. The molecule has 1 aromatic carbocycles. The summed E-state index contributed by atoms with van der Waals surface area (Å²) in [6, 6.07) is 7.31. The predicted molar refractivity (Wildman–Crippen MR) is 107 cm³/mol. The van der Waals surface area contributed by atoms with Crippen LogP contribution in [0.2, 0.25) is 0 Å². The zero-order chi connectivity index (χ0) is 19.1. The molecule has 3 rings (SSSR count). The number of amides is 1. The number of nitrogens with one attached hydrogen (secondary N) is 2. The second kappa shape index (κ2) is 9.16. The summed E-state index contributed by atoms with van der Waals surface area (Å²) in [5.41, 5.74) is 3.48. The van der Waals surface area contributed by atoms with E-state index in [1.165, 1.54) is 37.6 Å². The number of carbonyl (C=O) groups is 1. The number of carbonyl (C=O) groups excluding carboxylic acids is 1. The van der Waals surface area contributed by atoms with Gasteiger partial charge in [0, 0.05) is 12.6 Å². The third-order valence-electron chi connectivity index (χ3n) is 4.64. The average molecular weight is 366 g/mol. The Hall–Kier alpha value is -2.89. The Labute approximate surface area is 160 Å². The van der Waals surface area contributed by atoms with Crippen molar-refractivity contribution in [1.82, 2.24) is 9.97 Å². The average Bonchev–Trinajstić information content (AvgIpc) is 2.69. The lowest BCUT2D eigenvalue weighted by Gasteiger charge is -2.13. The molecule has 1 aliphatic carbocycles. The van der Waals surface area contributed by atoms with Crippen molar-refractivity contribution in [2.24, 2.45) is 0 Å². The van der Waals surface area contributed by atoms with Crippen LogP contribution in [0.1, 0.15) is 48.2 Å². The highest BCUT2D eigenvalue weighted by atomic mass is 16.5. The van der Waals surface area contributed by atoms with Crippen molar-refractivity contribution in [2.45, 2.75) is 39.0 Å². The van der Waals surface area contributed by atoms with Crippen molar-refractivity contribution < 1.29 is 9.53 Å². The van der Waals surface area contributed by atoms with Gasteiger partial charge in [-0.1, -0.05) is 17.7 Å². The van der Waals surface area contributed by atoms with Gasteiger partial charge in [0.15, 0.2) is 0 Å². The zero-order valence-electron chi connectivity index (χ0n) is 15.9. The van der Waals surface area contributed by atoms with E-state index in [2.05, 4.69) is 26.7 Å². The molecule has 2 aromatic rings. The fourth-order valence-corrected chi connectivity index (χ4v) is 3.17. The quantitative estimate of drug-likeness (QED) is 0.713. The Morgan fingerprint density at radius 1 is 1.22 bits per heavy atom. The number of ether oxygens (including phenoxy) is 1. The maximum atomic E-state index is 12.6. The number of methoxy groups -OCH3 is 1. The summed E-state index contributed by atoms with van der Waals surface area (Å²) in [5, 5.41) is 6.15. The van der Waals surface area contributed by atoms with Gasteiger partial charge in [0.25, 0.3) is 5.91 Å². The molecule has 0 saturated carbocycles. The molecule has 0 fully saturated rings. The van der Waals surface area contributed by atoms with Gasteiger partial charge >= 0.3 is 0 Å². The summed E-state index contributed by atoms with van der Waals surface area (Å²) in [5.74, 6) is 0.976. The number of aromatic nitrogens is 2. The molecule has 27 heavy (non-hydrogen) atoms. The van der Waals surface area contributed by atoms with Crippen LogP contribution in [0, 0.1) is 6.92 Å². The van der Waals surface area contributed by atoms with E-state index in [0.717, 1.165) is 18.5 Å². The summed E-state index contributed by atoms with van der Waals surface area (Å²) in [4.78, 5) is 20.9. The van der Waals surface area contributed by atoms with Crippen LogP contribution in [0.25, 0.3) is 0 Å². The molecule has 1 amide bonds. The topological polar surface area (TPSA) is 76.1 Å². The molecule has 6 nitrogen and oxygen atoms in total. The van der Waals surface area contributed by atoms with Gasteiger partial charge in [-0.2, -0.15) is 0 Å². The van der Waals surface area contributed by atoms with E-state index in [1.54, 1.807) is 13.2 Å². The van der Waals surface area contributed by atoms with Crippen LogP contribution < -0.4 is 15.4 Å². The largest absolute Gasteiger partial charge is 0.495 e. The zero-order valence-corrected chi connectivity index (χ0v) is 15.9. The number of rotatable bonds is 7. The first-order chi connectivity index (χ1) is 13.2. The number of aryl methyl sites for hydroxylation is 1. The normalized spacial score (nSPS) is 13.6. The fraction of sp³-hybridized carbons (Fsp3) is 0.381. The molecule has 0 unspecified atom stereocenters. The Morgan fingerprint density at radius 3 is 2.89 bits per heavy atom. The van der Waals surface area contributed by atoms with Crippen LogP contribution in [0.3, 0.4) is 0 Å². The van der Waals surface area contributed by atoms with Crippen molar-refractivity contribution in [1.29, 1.82) is 0 Å². The van der Waals surface area contributed by atoms with Gasteiger partial charge in [-0.15, -0.1) is 0 Å². The number of hydrogen-bond acceptors (Lipinski definition) is 5. The first-order valence-corrected chi connectivity index (χ1v) is 9.35. The molecule has 0 bridgehead atoms. The summed E-state index contributed by atoms with van der Waals surface area (Å²) in [7, 11) is 1.58. The van der Waals surface area contributed by atoms with Crippen LogP contribution in [0.15, 0.2) is 42.2 Å². The number of benzene rings is 1.